The summed E-state index contributed by atoms with van der Waals surface area (Å²) in [7, 11) is 1.73. The number of hydrogen-bond donors (Lipinski definition) is 1. The van der Waals surface area contributed by atoms with Crippen molar-refractivity contribution >= 4 is 0 Å². The van der Waals surface area contributed by atoms with Crippen molar-refractivity contribution in [2.75, 3.05) is 13.7 Å². The van der Waals surface area contributed by atoms with E-state index in [1.807, 2.05) is 12.1 Å². The second kappa shape index (κ2) is 6.86. The van der Waals surface area contributed by atoms with Crippen molar-refractivity contribution in [2.24, 2.45) is 11.7 Å². The van der Waals surface area contributed by atoms with Crippen LogP contribution in [0.25, 0.3) is 0 Å². The first-order valence-electron chi connectivity index (χ1n) is 6.46. The standard InChI is InChI=1S/C15H24FNO/c1-15(2,18-3)9-8-13(11-17)10-12-4-6-14(16)7-5-12/h4-7,13H,8-11,17H2,1-3H3. The van der Waals surface area contributed by atoms with Crippen LogP contribution in [0.4, 0.5) is 4.39 Å². The van der Waals surface area contributed by atoms with Crippen LogP contribution < -0.4 is 5.73 Å². The maximum atomic E-state index is 12.8. The quantitative estimate of drug-likeness (QED) is 0.810. The molecule has 2 nitrogen and oxygen atoms in total. The Labute approximate surface area is 109 Å². The molecular weight excluding hydrogens is 229 g/mol. The number of benzene rings is 1. The zero-order chi connectivity index (χ0) is 13.6. The summed E-state index contributed by atoms with van der Waals surface area (Å²) in [6, 6.07) is 6.67. The SMILES string of the molecule is COC(C)(C)CCC(CN)Cc1ccc(F)cc1. The molecule has 0 aliphatic heterocycles. The highest BCUT2D eigenvalue weighted by molar-refractivity contribution is 5.16. The van der Waals surface area contributed by atoms with Crippen LogP contribution in [0.1, 0.15) is 32.3 Å². The Hall–Kier alpha value is -0.930. The van der Waals surface area contributed by atoms with E-state index >= 15 is 0 Å². The molecule has 0 aromatic heterocycles. The van der Waals surface area contributed by atoms with Gasteiger partial charge in [0, 0.05) is 7.11 Å². The van der Waals surface area contributed by atoms with Crippen molar-refractivity contribution in [3.63, 3.8) is 0 Å². The van der Waals surface area contributed by atoms with E-state index in [-0.39, 0.29) is 11.4 Å². The van der Waals surface area contributed by atoms with Crippen molar-refractivity contribution in [3.05, 3.63) is 35.6 Å². The monoisotopic (exact) mass is 253 g/mol. The van der Waals surface area contributed by atoms with Gasteiger partial charge in [-0.2, -0.15) is 0 Å². The van der Waals surface area contributed by atoms with E-state index in [0.717, 1.165) is 24.8 Å². The molecule has 1 atom stereocenters. The third-order valence-electron chi connectivity index (χ3n) is 3.48. The van der Waals surface area contributed by atoms with Crippen molar-refractivity contribution in [3.8, 4) is 0 Å². The van der Waals surface area contributed by atoms with Gasteiger partial charge in [0.25, 0.3) is 0 Å². The van der Waals surface area contributed by atoms with Crippen LogP contribution >= 0.6 is 0 Å². The van der Waals surface area contributed by atoms with Gasteiger partial charge in [0.2, 0.25) is 0 Å². The highest BCUT2D eigenvalue weighted by Crippen LogP contribution is 2.21. The Morgan fingerprint density at radius 1 is 1.28 bits per heavy atom. The molecule has 3 heteroatoms. The van der Waals surface area contributed by atoms with E-state index in [2.05, 4.69) is 13.8 Å². The number of nitrogens with two attached hydrogens (primary N) is 1. The Morgan fingerprint density at radius 2 is 1.89 bits per heavy atom. The van der Waals surface area contributed by atoms with Crippen LogP contribution in [-0.4, -0.2) is 19.3 Å². The number of hydrogen-bond acceptors (Lipinski definition) is 2. The van der Waals surface area contributed by atoms with Gasteiger partial charge in [-0.3, -0.25) is 0 Å². The van der Waals surface area contributed by atoms with E-state index in [1.165, 1.54) is 12.1 Å². The Morgan fingerprint density at radius 3 is 2.39 bits per heavy atom. The molecule has 0 radical (unpaired) electrons. The average Bonchev–Trinajstić information content (AvgIpc) is 2.37. The molecule has 102 valence electrons. The van der Waals surface area contributed by atoms with Gasteiger partial charge in [-0.15, -0.1) is 0 Å². The zero-order valence-corrected chi connectivity index (χ0v) is 11.6. The van der Waals surface area contributed by atoms with E-state index in [1.54, 1.807) is 7.11 Å². The molecule has 1 unspecified atom stereocenters. The Bertz CT molecular complexity index is 348. The maximum absolute atomic E-state index is 12.8. The van der Waals surface area contributed by atoms with Gasteiger partial charge in [-0.25, -0.2) is 4.39 Å². The lowest BCUT2D eigenvalue weighted by atomic mass is 9.90. The van der Waals surface area contributed by atoms with E-state index in [0.29, 0.717) is 12.5 Å². The molecule has 0 fully saturated rings. The molecule has 1 aromatic rings. The zero-order valence-electron chi connectivity index (χ0n) is 11.6. The van der Waals surface area contributed by atoms with Gasteiger partial charge in [0.05, 0.1) is 5.60 Å². The predicted octanol–water partition coefficient (Wildman–Crippen LogP) is 3.15. The lowest BCUT2D eigenvalue weighted by molar-refractivity contribution is 0.0106. The Kier molecular flexibility index (Phi) is 5.76. The molecular formula is C15H24FNO. The largest absolute Gasteiger partial charge is 0.379 e. The van der Waals surface area contributed by atoms with Gasteiger partial charge >= 0.3 is 0 Å². The molecule has 2 N–H and O–H groups in total. The topological polar surface area (TPSA) is 35.2 Å². The van der Waals surface area contributed by atoms with Crippen molar-refractivity contribution < 1.29 is 9.13 Å². The first-order chi connectivity index (χ1) is 8.46. The van der Waals surface area contributed by atoms with Crippen molar-refractivity contribution in [1.82, 2.24) is 0 Å². The second-order valence-corrected chi connectivity index (χ2v) is 5.43. The summed E-state index contributed by atoms with van der Waals surface area (Å²) in [4.78, 5) is 0. The predicted molar refractivity (Wildman–Crippen MR) is 73.0 cm³/mol. The first-order valence-corrected chi connectivity index (χ1v) is 6.46. The van der Waals surface area contributed by atoms with E-state index in [4.69, 9.17) is 10.5 Å². The minimum Gasteiger partial charge on any atom is -0.379 e. The molecule has 1 aromatic carbocycles. The lowest BCUT2D eigenvalue weighted by Gasteiger charge is -2.25. The molecule has 18 heavy (non-hydrogen) atoms. The van der Waals surface area contributed by atoms with E-state index < -0.39 is 0 Å². The van der Waals surface area contributed by atoms with Crippen LogP contribution in [0, 0.1) is 11.7 Å². The number of ether oxygens (including phenoxy) is 1. The normalized spacial score (nSPS) is 13.6. The molecule has 1 rings (SSSR count). The van der Waals surface area contributed by atoms with Crippen molar-refractivity contribution in [2.45, 2.75) is 38.7 Å². The maximum Gasteiger partial charge on any atom is 0.123 e. The van der Waals surface area contributed by atoms with Gasteiger partial charge in [0.15, 0.2) is 0 Å². The second-order valence-electron chi connectivity index (χ2n) is 5.43. The number of methoxy groups -OCH3 is 1. The minimum atomic E-state index is -0.191. The molecule has 0 saturated heterocycles. The summed E-state index contributed by atoms with van der Waals surface area (Å²) >= 11 is 0. The van der Waals surface area contributed by atoms with E-state index in [9.17, 15) is 4.39 Å². The first kappa shape index (κ1) is 15.1. The lowest BCUT2D eigenvalue weighted by Crippen LogP contribution is -2.26. The molecule has 0 heterocycles. The van der Waals surface area contributed by atoms with Gasteiger partial charge in [0.1, 0.15) is 5.82 Å². The summed E-state index contributed by atoms with van der Waals surface area (Å²) in [5.41, 5.74) is 6.85. The van der Waals surface area contributed by atoms with Crippen LogP contribution in [0.5, 0.6) is 0 Å². The summed E-state index contributed by atoms with van der Waals surface area (Å²) in [5, 5.41) is 0. The fraction of sp³-hybridized carbons (Fsp3) is 0.600. The van der Waals surface area contributed by atoms with Crippen LogP contribution in [0.2, 0.25) is 0 Å². The fourth-order valence-corrected chi connectivity index (χ4v) is 1.91. The summed E-state index contributed by atoms with van der Waals surface area (Å²) in [5.74, 6) is 0.230. The highest BCUT2D eigenvalue weighted by atomic mass is 19.1. The molecule has 0 amide bonds. The smallest absolute Gasteiger partial charge is 0.123 e. The number of halogens is 1. The Balaban J connectivity index is 2.49. The summed E-state index contributed by atoms with van der Waals surface area (Å²) in [6.07, 6.45) is 2.90. The molecule has 0 bridgehead atoms. The molecule has 0 aliphatic rings. The van der Waals surface area contributed by atoms with Crippen molar-refractivity contribution in [1.29, 1.82) is 0 Å². The molecule has 0 spiro atoms. The molecule has 0 aliphatic carbocycles. The van der Waals surface area contributed by atoms with Crippen LogP contribution in [0.3, 0.4) is 0 Å². The van der Waals surface area contributed by atoms with Crippen LogP contribution in [0.15, 0.2) is 24.3 Å². The fourth-order valence-electron chi connectivity index (χ4n) is 1.91. The number of rotatable bonds is 7. The highest BCUT2D eigenvalue weighted by Gasteiger charge is 2.18. The minimum absolute atomic E-state index is 0.101. The van der Waals surface area contributed by atoms with Gasteiger partial charge in [-0.05, 0) is 63.3 Å². The van der Waals surface area contributed by atoms with Gasteiger partial charge < -0.3 is 10.5 Å². The van der Waals surface area contributed by atoms with Gasteiger partial charge in [-0.1, -0.05) is 12.1 Å². The van der Waals surface area contributed by atoms with Crippen LogP contribution in [-0.2, 0) is 11.2 Å². The average molecular weight is 253 g/mol. The summed E-state index contributed by atoms with van der Waals surface area (Å²) < 4.78 is 18.2. The third-order valence-corrected chi connectivity index (χ3v) is 3.48. The third kappa shape index (κ3) is 5.15. The molecule has 0 saturated carbocycles. The summed E-state index contributed by atoms with van der Waals surface area (Å²) in [6.45, 7) is 4.81.